The molecule has 4 heteroatoms. The molecule has 0 atom stereocenters. The predicted molar refractivity (Wildman–Crippen MR) is 105 cm³/mol. The average Bonchev–Trinajstić information content (AvgIpc) is 2.72. The van der Waals surface area contributed by atoms with Gasteiger partial charge in [-0.15, -0.1) is 0 Å². The molecule has 26 heavy (non-hydrogen) atoms. The SMILES string of the molecule is CNC1CCC(NCc2ccc(OC)c(-c3ccc(C#N)cc3)c2)CC1. The van der Waals surface area contributed by atoms with E-state index < -0.39 is 0 Å². The first-order valence-corrected chi connectivity index (χ1v) is 9.31. The van der Waals surface area contributed by atoms with Crippen LogP contribution in [0.25, 0.3) is 11.1 Å². The van der Waals surface area contributed by atoms with Crippen molar-refractivity contribution in [3.05, 3.63) is 53.6 Å². The van der Waals surface area contributed by atoms with Crippen LogP contribution in [-0.2, 0) is 6.54 Å². The van der Waals surface area contributed by atoms with Crippen LogP contribution in [0.15, 0.2) is 42.5 Å². The van der Waals surface area contributed by atoms with E-state index in [-0.39, 0.29) is 0 Å². The Morgan fingerprint density at radius 2 is 1.73 bits per heavy atom. The topological polar surface area (TPSA) is 57.1 Å². The zero-order valence-corrected chi connectivity index (χ0v) is 15.6. The lowest BCUT2D eigenvalue weighted by Gasteiger charge is -2.29. The highest BCUT2D eigenvalue weighted by molar-refractivity contribution is 5.71. The third kappa shape index (κ3) is 4.43. The molecule has 2 aromatic carbocycles. The summed E-state index contributed by atoms with van der Waals surface area (Å²) in [4.78, 5) is 0. The molecule has 0 aromatic heterocycles. The first-order valence-electron chi connectivity index (χ1n) is 9.31. The molecule has 2 N–H and O–H groups in total. The predicted octanol–water partition coefficient (Wildman–Crippen LogP) is 3.85. The van der Waals surface area contributed by atoms with Crippen molar-refractivity contribution < 1.29 is 4.74 Å². The van der Waals surface area contributed by atoms with Gasteiger partial charge < -0.3 is 15.4 Å². The van der Waals surface area contributed by atoms with Gasteiger partial charge in [0.25, 0.3) is 0 Å². The number of ether oxygens (including phenoxy) is 1. The minimum atomic E-state index is 0.597. The minimum absolute atomic E-state index is 0.597. The summed E-state index contributed by atoms with van der Waals surface area (Å²) in [7, 11) is 3.75. The van der Waals surface area contributed by atoms with Crippen molar-refractivity contribution in [3.8, 4) is 22.9 Å². The first-order chi connectivity index (χ1) is 12.7. The number of hydrogen-bond donors (Lipinski definition) is 2. The monoisotopic (exact) mass is 349 g/mol. The van der Waals surface area contributed by atoms with E-state index in [4.69, 9.17) is 10.00 Å². The lowest BCUT2D eigenvalue weighted by atomic mass is 9.91. The maximum Gasteiger partial charge on any atom is 0.126 e. The summed E-state index contributed by atoms with van der Waals surface area (Å²) in [6, 6.07) is 17.4. The van der Waals surface area contributed by atoms with Crippen LogP contribution in [0.3, 0.4) is 0 Å². The van der Waals surface area contributed by atoms with E-state index in [9.17, 15) is 0 Å². The average molecular weight is 349 g/mol. The van der Waals surface area contributed by atoms with Gasteiger partial charge in [-0.25, -0.2) is 0 Å². The van der Waals surface area contributed by atoms with Gasteiger partial charge in [0.1, 0.15) is 5.75 Å². The van der Waals surface area contributed by atoms with Gasteiger partial charge in [-0.3, -0.25) is 0 Å². The Hall–Kier alpha value is -2.35. The molecule has 0 bridgehead atoms. The molecule has 0 heterocycles. The summed E-state index contributed by atoms with van der Waals surface area (Å²) in [5.41, 5.74) is 4.05. The summed E-state index contributed by atoms with van der Waals surface area (Å²) in [5.74, 6) is 0.855. The van der Waals surface area contributed by atoms with Gasteiger partial charge in [-0.2, -0.15) is 5.26 Å². The fraction of sp³-hybridized carbons (Fsp3) is 0.409. The molecule has 0 spiro atoms. The number of hydrogen-bond acceptors (Lipinski definition) is 4. The largest absolute Gasteiger partial charge is 0.496 e. The Balaban J connectivity index is 1.70. The van der Waals surface area contributed by atoms with Crippen LogP contribution in [0.5, 0.6) is 5.75 Å². The second-order valence-electron chi connectivity index (χ2n) is 6.94. The Labute approximate surface area is 156 Å². The van der Waals surface area contributed by atoms with Gasteiger partial charge in [0.2, 0.25) is 0 Å². The minimum Gasteiger partial charge on any atom is -0.496 e. The summed E-state index contributed by atoms with van der Waals surface area (Å²) >= 11 is 0. The molecule has 0 amide bonds. The van der Waals surface area contributed by atoms with E-state index in [2.05, 4.69) is 35.9 Å². The Bertz CT molecular complexity index is 756. The molecular formula is C22H27N3O. The maximum atomic E-state index is 8.98. The lowest BCUT2D eigenvalue weighted by Crippen LogP contribution is -2.38. The van der Waals surface area contributed by atoms with Gasteiger partial charge in [0, 0.05) is 24.2 Å². The summed E-state index contributed by atoms with van der Waals surface area (Å²) in [6.07, 6.45) is 4.94. The molecule has 1 saturated carbocycles. The third-order valence-electron chi connectivity index (χ3n) is 5.32. The molecule has 1 aliphatic carbocycles. The normalized spacial score (nSPS) is 19.7. The van der Waals surface area contributed by atoms with Gasteiger partial charge in [0.05, 0.1) is 18.7 Å². The van der Waals surface area contributed by atoms with Gasteiger partial charge >= 0.3 is 0 Å². The van der Waals surface area contributed by atoms with Crippen molar-refractivity contribution in [1.29, 1.82) is 5.26 Å². The first kappa shape index (κ1) is 18.4. The smallest absolute Gasteiger partial charge is 0.126 e. The van der Waals surface area contributed by atoms with E-state index in [1.807, 2.05) is 30.3 Å². The number of benzene rings is 2. The van der Waals surface area contributed by atoms with Crippen LogP contribution in [0.1, 0.15) is 36.8 Å². The zero-order valence-electron chi connectivity index (χ0n) is 15.6. The van der Waals surface area contributed by atoms with Crippen molar-refractivity contribution in [2.75, 3.05) is 14.2 Å². The summed E-state index contributed by atoms with van der Waals surface area (Å²) in [6.45, 7) is 0.863. The van der Waals surface area contributed by atoms with Gasteiger partial charge in [-0.1, -0.05) is 18.2 Å². The van der Waals surface area contributed by atoms with E-state index in [1.165, 1.54) is 31.2 Å². The van der Waals surface area contributed by atoms with Crippen LogP contribution in [0.2, 0.25) is 0 Å². The van der Waals surface area contributed by atoms with Crippen LogP contribution >= 0.6 is 0 Å². The van der Waals surface area contributed by atoms with Crippen LogP contribution < -0.4 is 15.4 Å². The summed E-state index contributed by atoms with van der Waals surface area (Å²) in [5, 5.41) is 16.1. The Kier molecular flexibility index (Phi) is 6.27. The van der Waals surface area contributed by atoms with Crippen LogP contribution in [0, 0.1) is 11.3 Å². The maximum absolute atomic E-state index is 8.98. The molecule has 3 rings (SSSR count). The van der Waals surface area contributed by atoms with Gasteiger partial charge in [-0.05, 0) is 68.1 Å². The van der Waals surface area contributed by atoms with E-state index in [0.29, 0.717) is 17.6 Å². The molecule has 0 radical (unpaired) electrons. The highest BCUT2D eigenvalue weighted by Gasteiger charge is 2.19. The molecule has 4 nitrogen and oxygen atoms in total. The number of nitriles is 1. The Morgan fingerprint density at radius 1 is 1.04 bits per heavy atom. The number of nitrogens with one attached hydrogen (secondary N) is 2. The second-order valence-corrected chi connectivity index (χ2v) is 6.94. The Morgan fingerprint density at radius 3 is 2.35 bits per heavy atom. The quantitative estimate of drug-likeness (QED) is 0.832. The van der Waals surface area contributed by atoms with Crippen LogP contribution in [0.4, 0.5) is 0 Å². The molecule has 0 unspecified atom stereocenters. The zero-order chi connectivity index (χ0) is 18.4. The highest BCUT2D eigenvalue weighted by atomic mass is 16.5. The van der Waals surface area contributed by atoms with E-state index in [0.717, 1.165) is 23.4 Å². The van der Waals surface area contributed by atoms with E-state index in [1.54, 1.807) is 7.11 Å². The molecule has 1 fully saturated rings. The van der Waals surface area contributed by atoms with Crippen molar-refractivity contribution >= 4 is 0 Å². The molecular weight excluding hydrogens is 322 g/mol. The third-order valence-corrected chi connectivity index (χ3v) is 5.32. The van der Waals surface area contributed by atoms with Crippen LogP contribution in [-0.4, -0.2) is 26.2 Å². The fourth-order valence-corrected chi connectivity index (χ4v) is 3.66. The fourth-order valence-electron chi connectivity index (χ4n) is 3.66. The van der Waals surface area contributed by atoms with Crippen molar-refractivity contribution in [1.82, 2.24) is 10.6 Å². The van der Waals surface area contributed by atoms with Gasteiger partial charge in [0.15, 0.2) is 0 Å². The van der Waals surface area contributed by atoms with Crippen molar-refractivity contribution in [2.24, 2.45) is 0 Å². The molecule has 2 aromatic rings. The van der Waals surface area contributed by atoms with Crippen molar-refractivity contribution in [3.63, 3.8) is 0 Å². The molecule has 0 aliphatic heterocycles. The molecule has 0 saturated heterocycles. The number of nitrogens with zero attached hydrogens (tertiary/aromatic N) is 1. The summed E-state index contributed by atoms with van der Waals surface area (Å²) < 4.78 is 5.54. The standard InChI is InChI=1S/C22H27N3O/c1-24-19-8-10-20(11-9-19)25-15-17-5-12-22(26-2)21(13-17)18-6-3-16(14-23)4-7-18/h3-7,12-13,19-20,24-25H,8-11,15H2,1-2H3. The molecule has 1 aliphatic rings. The number of methoxy groups -OCH3 is 1. The van der Waals surface area contributed by atoms with E-state index >= 15 is 0 Å². The highest BCUT2D eigenvalue weighted by Crippen LogP contribution is 2.31. The molecule has 136 valence electrons. The van der Waals surface area contributed by atoms with Crippen molar-refractivity contribution in [2.45, 2.75) is 44.3 Å². The number of rotatable bonds is 6. The second kappa shape index (κ2) is 8.84. The lowest BCUT2D eigenvalue weighted by molar-refractivity contribution is 0.317.